The normalized spacial score (nSPS) is 14.4. The second-order valence-corrected chi connectivity index (χ2v) is 2.93. The van der Waals surface area contributed by atoms with E-state index in [1.54, 1.807) is 0 Å². The Balaban J connectivity index is 2.53. The topological polar surface area (TPSA) is 13.1 Å². The maximum Gasteiger partial charge on any atom is 0.133 e. The monoisotopic (exact) mass is 160 g/mol. The Bertz CT molecular complexity index is 329. The van der Waals surface area contributed by atoms with Gasteiger partial charge in [-0.3, -0.25) is 0 Å². The van der Waals surface area contributed by atoms with Gasteiger partial charge in [-0.2, -0.15) is 0 Å². The number of fused-ring (bicyclic) bond motifs is 1. The fraction of sp³-hybridized carbons (Fsp3) is 0.273. The molecule has 0 saturated carbocycles. The van der Waals surface area contributed by atoms with Crippen molar-refractivity contribution in [3.05, 3.63) is 35.3 Å². The molecule has 0 amide bonds. The molecule has 0 atom stereocenters. The van der Waals surface area contributed by atoms with Gasteiger partial charge in [0.1, 0.15) is 5.76 Å². The first-order valence-electron chi connectivity index (χ1n) is 4.35. The molecular weight excluding hydrogens is 148 g/mol. The lowest BCUT2D eigenvalue weighted by atomic mass is 10.1. The van der Waals surface area contributed by atoms with Gasteiger partial charge in [-0.1, -0.05) is 25.2 Å². The SMILES string of the molecule is CCc1coc2c1C=CCC=C2. The number of hydrogen-bond acceptors (Lipinski definition) is 1. The molecule has 1 nitrogen and oxygen atoms in total. The molecule has 0 fully saturated rings. The van der Waals surface area contributed by atoms with Gasteiger partial charge in [0, 0.05) is 5.56 Å². The highest BCUT2D eigenvalue weighted by Crippen LogP contribution is 2.23. The molecule has 0 N–H and O–H groups in total. The van der Waals surface area contributed by atoms with Crippen LogP contribution >= 0.6 is 0 Å². The van der Waals surface area contributed by atoms with E-state index in [4.69, 9.17) is 4.42 Å². The van der Waals surface area contributed by atoms with Crippen molar-refractivity contribution >= 4 is 12.2 Å². The zero-order valence-electron chi connectivity index (χ0n) is 7.21. The summed E-state index contributed by atoms with van der Waals surface area (Å²) in [6, 6.07) is 0. The summed E-state index contributed by atoms with van der Waals surface area (Å²) in [5.41, 5.74) is 2.55. The van der Waals surface area contributed by atoms with Crippen molar-refractivity contribution in [3.8, 4) is 0 Å². The molecule has 12 heavy (non-hydrogen) atoms. The molecule has 2 rings (SSSR count). The summed E-state index contributed by atoms with van der Waals surface area (Å²) in [7, 11) is 0. The number of allylic oxidation sites excluding steroid dienone is 2. The Morgan fingerprint density at radius 1 is 1.33 bits per heavy atom. The molecule has 1 heteroatoms. The highest BCUT2D eigenvalue weighted by atomic mass is 16.3. The van der Waals surface area contributed by atoms with Gasteiger partial charge < -0.3 is 4.42 Å². The number of furan rings is 1. The maximum atomic E-state index is 5.42. The van der Waals surface area contributed by atoms with Crippen molar-refractivity contribution in [2.75, 3.05) is 0 Å². The average Bonchev–Trinajstić information content (AvgIpc) is 2.33. The lowest BCUT2D eigenvalue weighted by Crippen LogP contribution is -1.79. The summed E-state index contributed by atoms with van der Waals surface area (Å²) in [5, 5.41) is 0. The van der Waals surface area contributed by atoms with Crippen LogP contribution in [-0.2, 0) is 6.42 Å². The molecule has 0 spiro atoms. The van der Waals surface area contributed by atoms with E-state index in [0.29, 0.717) is 0 Å². The van der Waals surface area contributed by atoms with Gasteiger partial charge in [0.2, 0.25) is 0 Å². The van der Waals surface area contributed by atoms with Crippen LogP contribution in [0.15, 0.2) is 22.8 Å². The van der Waals surface area contributed by atoms with Gasteiger partial charge in [-0.05, 0) is 24.5 Å². The van der Waals surface area contributed by atoms with Gasteiger partial charge in [0.25, 0.3) is 0 Å². The lowest BCUT2D eigenvalue weighted by Gasteiger charge is -1.91. The molecule has 1 aromatic heterocycles. The first-order valence-corrected chi connectivity index (χ1v) is 4.35. The highest BCUT2D eigenvalue weighted by molar-refractivity contribution is 5.66. The minimum absolute atomic E-state index is 1.00. The number of rotatable bonds is 1. The van der Waals surface area contributed by atoms with Crippen LogP contribution in [0.4, 0.5) is 0 Å². The molecule has 0 aliphatic heterocycles. The van der Waals surface area contributed by atoms with E-state index in [-0.39, 0.29) is 0 Å². The fourth-order valence-electron chi connectivity index (χ4n) is 1.45. The van der Waals surface area contributed by atoms with Crippen molar-refractivity contribution in [3.63, 3.8) is 0 Å². The summed E-state index contributed by atoms with van der Waals surface area (Å²) in [6.45, 7) is 2.15. The molecule has 0 bridgehead atoms. The Kier molecular flexibility index (Phi) is 1.86. The van der Waals surface area contributed by atoms with E-state index in [2.05, 4.69) is 31.2 Å². The van der Waals surface area contributed by atoms with Crippen LogP contribution in [0.2, 0.25) is 0 Å². The third-order valence-corrected chi connectivity index (χ3v) is 2.15. The Morgan fingerprint density at radius 3 is 3.00 bits per heavy atom. The largest absolute Gasteiger partial charge is 0.464 e. The second kappa shape index (κ2) is 3.02. The predicted octanol–water partition coefficient (Wildman–Crippen LogP) is 3.27. The molecular formula is C11H12O. The van der Waals surface area contributed by atoms with Crippen LogP contribution in [0.1, 0.15) is 30.2 Å². The second-order valence-electron chi connectivity index (χ2n) is 2.93. The Labute approximate surface area is 72.4 Å². The van der Waals surface area contributed by atoms with Crippen LogP contribution < -0.4 is 0 Å². The highest BCUT2D eigenvalue weighted by Gasteiger charge is 2.07. The van der Waals surface area contributed by atoms with E-state index >= 15 is 0 Å². The fourth-order valence-corrected chi connectivity index (χ4v) is 1.45. The number of hydrogen-bond donors (Lipinski definition) is 0. The van der Waals surface area contributed by atoms with Crippen LogP contribution in [0.25, 0.3) is 12.2 Å². The summed E-state index contributed by atoms with van der Waals surface area (Å²) in [5.74, 6) is 1.00. The summed E-state index contributed by atoms with van der Waals surface area (Å²) in [6.07, 6.45) is 12.4. The van der Waals surface area contributed by atoms with Crippen LogP contribution in [0, 0.1) is 0 Å². The van der Waals surface area contributed by atoms with Gasteiger partial charge in [0.15, 0.2) is 0 Å². The number of aryl methyl sites for hydroxylation is 1. The minimum atomic E-state index is 1.00. The van der Waals surface area contributed by atoms with Gasteiger partial charge >= 0.3 is 0 Å². The van der Waals surface area contributed by atoms with Crippen LogP contribution in [-0.4, -0.2) is 0 Å². The third-order valence-electron chi connectivity index (χ3n) is 2.15. The first-order chi connectivity index (χ1) is 5.92. The van der Waals surface area contributed by atoms with Crippen LogP contribution in [0.5, 0.6) is 0 Å². The molecule has 0 radical (unpaired) electrons. The molecule has 0 saturated heterocycles. The summed E-state index contributed by atoms with van der Waals surface area (Å²) in [4.78, 5) is 0. The molecule has 1 aromatic rings. The summed E-state index contributed by atoms with van der Waals surface area (Å²) >= 11 is 0. The van der Waals surface area contributed by atoms with Crippen molar-refractivity contribution in [1.29, 1.82) is 0 Å². The Hall–Kier alpha value is -1.24. The third kappa shape index (κ3) is 1.11. The standard InChI is InChI=1S/C11H12O/c1-2-9-8-12-11-7-5-3-4-6-10(9)11/h4-8H,2-3H2,1H3. The maximum absolute atomic E-state index is 5.42. The van der Waals surface area contributed by atoms with Gasteiger partial charge in [-0.15, -0.1) is 0 Å². The Morgan fingerprint density at radius 2 is 2.17 bits per heavy atom. The average molecular weight is 160 g/mol. The zero-order valence-corrected chi connectivity index (χ0v) is 7.21. The zero-order chi connectivity index (χ0) is 8.39. The molecule has 1 aliphatic carbocycles. The van der Waals surface area contributed by atoms with E-state index in [1.165, 1.54) is 11.1 Å². The lowest BCUT2D eigenvalue weighted by molar-refractivity contribution is 0.553. The smallest absolute Gasteiger partial charge is 0.133 e. The van der Waals surface area contributed by atoms with E-state index in [9.17, 15) is 0 Å². The van der Waals surface area contributed by atoms with Crippen molar-refractivity contribution < 1.29 is 4.42 Å². The van der Waals surface area contributed by atoms with E-state index < -0.39 is 0 Å². The van der Waals surface area contributed by atoms with Crippen LogP contribution in [0.3, 0.4) is 0 Å². The van der Waals surface area contributed by atoms with E-state index in [1.807, 2.05) is 6.26 Å². The summed E-state index contributed by atoms with van der Waals surface area (Å²) < 4.78 is 5.42. The van der Waals surface area contributed by atoms with Crippen molar-refractivity contribution in [2.45, 2.75) is 19.8 Å². The quantitative estimate of drug-likeness (QED) is 0.614. The molecule has 0 unspecified atom stereocenters. The minimum Gasteiger partial charge on any atom is -0.464 e. The predicted molar refractivity (Wildman–Crippen MR) is 50.8 cm³/mol. The molecule has 1 aliphatic rings. The van der Waals surface area contributed by atoms with Crippen molar-refractivity contribution in [1.82, 2.24) is 0 Å². The first kappa shape index (κ1) is 7.41. The van der Waals surface area contributed by atoms with E-state index in [0.717, 1.165) is 18.6 Å². The molecule has 0 aromatic carbocycles. The molecule has 1 heterocycles. The van der Waals surface area contributed by atoms with Gasteiger partial charge in [0.05, 0.1) is 6.26 Å². The molecule has 62 valence electrons. The van der Waals surface area contributed by atoms with Crippen molar-refractivity contribution in [2.24, 2.45) is 0 Å². The van der Waals surface area contributed by atoms with Gasteiger partial charge in [-0.25, -0.2) is 0 Å².